The summed E-state index contributed by atoms with van der Waals surface area (Å²) in [5.41, 5.74) is 2.88. The maximum atomic E-state index is 3.59. The molecule has 0 aromatic heterocycles. The van der Waals surface area contributed by atoms with Gasteiger partial charge in [0.2, 0.25) is 0 Å². The van der Waals surface area contributed by atoms with Crippen molar-refractivity contribution in [3.05, 3.63) is 35.4 Å². The van der Waals surface area contributed by atoms with E-state index in [2.05, 4.69) is 41.8 Å². The van der Waals surface area contributed by atoms with Crippen molar-refractivity contribution in [3.63, 3.8) is 0 Å². The lowest BCUT2D eigenvalue weighted by molar-refractivity contribution is 0.361. The topological polar surface area (TPSA) is 24.1 Å². The van der Waals surface area contributed by atoms with Gasteiger partial charge in [-0.25, -0.2) is 0 Å². The van der Waals surface area contributed by atoms with E-state index in [-0.39, 0.29) is 12.4 Å². The van der Waals surface area contributed by atoms with Crippen molar-refractivity contribution in [1.29, 1.82) is 0 Å². The van der Waals surface area contributed by atoms with E-state index in [9.17, 15) is 0 Å². The fourth-order valence-corrected chi connectivity index (χ4v) is 2.52. The average molecular weight is 269 g/mol. The minimum atomic E-state index is 0. The zero-order chi connectivity index (χ0) is 11.9. The summed E-state index contributed by atoms with van der Waals surface area (Å²) in [6.07, 6.45) is 3.86. The average Bonchev–Trinajstić information content (AvgIpc) is 2.38. The minimum absolute atomic E-state index is 0. The smallest absolute Gasteiger partial charge is 0.000813 e. The number of hydrogen-bond donors (Lipinski definition) is 2. The Morgan fingerprint density at radius 3 is 2.89 bits per heavy atom. The number of benzene rings is 1. The molecule has 0 aliphatic carbocycles. The standard InChI is InChI=1S/C15H24N2.ClH/c1-13-5-2-3-7-15(13)8-10-17-12-14-6-4-9-16-11-14;/h2-3,5,7,14,16-17H,4,6,8-12H2,1H3;1H. The molecule has 2 nitrogen and oxygen atoms in total. The summed E-state index contributed by atoms with van der Waals surface area (Å²) in [5.74, 6) is 0.834. The van der Waals surface area contributed by atoms with Gasteiger partial charge < -0.3 is 10.6 Å². The van der Waals surface area contributed by atoms with Crippen LogP contribution in [0, 0.1) is 12.8 Å². The van der Waals surface area contributed by atoms with Crippen molar-refractivity contribution in [2.45, 2.75) is 26.2 Å². The van der Waals surface area contributed by atoms with Gasteiger partial charge in [0.15, 0.2) is 0 Å². The van der Waals surface area contributed by atoms with E-state index in [0.29, 0.717) is 0 Å². The van der Waals surface area contributed by atoms with Crippen LogP contribution in [0.5, 0.6) is 0 Å². The predicted octanol–water partition coefficient (Wildman–Crippen LogP) is 2.55. The van der Waals surface area contributed by atoms with E-state index in [0.717, 1.165) is 18.9 Å². The van der Waals surface area contributed by atoms with Crippen molar-refractivity contribution >= 4 is 12.4 Å². The molecule has 1 aromatic rings. The van der Waals surface area contributed by atoms with Gasteiger partial charge in [-0.05, 0) is 69.4 Å². The van der Waals surface area contributed by atoms with E-state index in [4.69, 9.17) is 0 Å². The van der Waals surface area contributed by atoms with Crippen molar-refractivity contribution in [1.82, 2.24) is 10.6 Å². The van der Waals surface area contributed by atoms with Gasteiger partial charge in [0.1, 0.15) is 0 Å². The predicted molar refractivity (Wildman–Crippen MR) is 80.6 cm³/mol. The van der Waals surface area contributed by atoms with Crippen LogP contribution in [0.2, 0.25) is 0 Å². The third-order valence-corrected chi connectivity index (χ3v) is 3.66. The van der Waals surface area contributed by atoms with Crippen molar-refractivity contribution < 1.29 is 0 Å². The zero-order valence-corrected chi connectivity index (χ0v) is 12.1. The van der Waals surface area contributed by atoms with Gasteiger partial charge in [-0.1, -0.05) is 24.3 Å². The number of hydrogen-bond acceptors (Lipinski definition) is 2. The van der Waals surface area contributed by atoms with Crippen LogP contribution in [-0.2, 0) is 6.42 Å². The Hall–Kier alpha value is -0.570. The molecule has 2 rings (SSSR count). The first-order chi connectivity index (χ1) is 8.36. The Labute approximate surface area is 117 Å². The largest absolute Gasteiger partial charge is 0.316 e. The molecule has 3 heteroatoms. The van der Waals surface area contributed by atoms with Crippen LogP contribution >= 0.6 is 12.4 Å². The van der Waals surface area contributed by atoms with Crippen molar-refractivity contribution in [2.24, 2.45) is 5.92 Å². The van der Waals surface area contributed by atoms with Gasteiger partial charge in [-0.2, -0.15) is 0 Å². The van der Waals surface area contributed by atoms with Crippen LogP contribution in [0.4, 0.5) is 0 Å². The number of aryl methyl sites for hydroxylation is 1. The molecule has 18 heavy (non-hydrogen) atoms. The van der Waals surface area contributed by atoms with Gasteiger partial charge in [-0.15, -0.1) is 12.4 Å². The molecule has 2 N–H and O–H groups in total. The van der Waals surface area contributed by atoms with Crippen LogP contribution < -0.4 is 10.6 Å². The summed E-state index contributed by atoms with van der Waals surface area (Å²) >= 11 is 0. The highest BCUT2D eigenvalue weighted by Crippen LogP contribution is 2.09. The fraction of sp³-hybridized carbons (Fsp3) is 0.600. The Kier molecular flexibility index (Phi) is 7.33. The molecule has 1 saturated heterocycles. The molecular weight excluding hydrogens is 244 g/mol. The highest BCUT2D eigenvalue weighted by molar-refractivity contribution is 5.85. The Morgan fingerprint density at radius 1 is 1.33 bits per heavy atom. The van der Waals surface area contributed by atoms with Gasteiger partial charge in [0.05, 0.1) is 0 Å². The highest BCUT2D eigenvalue weighted by Gasteiger charge is 2.11. The van der Waals surface area contributed by atoms with Crippen LogP contribution in [-0.4, -0.2) is 26.2 Å². The van der Waals surface area contributed by atoms with Crippen molar-refractivity contribution in [2.75, 3.05) is 26.2 Å². The second-order valence-electron chi connectivity index (χ2n) is 5.09. The van der Waals surface area contributed by atoms with E-state index in [1.54, 1.807) is 0 Å². The van der Waals surface area contributed by atoms with Crippen molar-refractivity contribution in [3.8, 4) is 0 Å². The monoisotopic (exact) mass is 268 g/mol. The van der Waals surface area contributed by atoms with E-state index in [1.807, 2.05) is 0 Å². The SMILES string of the molecule is Cc1ccccc1CCNCC1CCCNC1.Cl. The maximum absolute atomic E-state index is 3.59. The first-order valence-corrected chi connectivity index (χ1v) is 6.82. The Balaban J connectivity index is 0.00000162. The lowest BCUT2D eigenvalue weighted by Crippen LogP contribution is -2.36. The van der Waals surface area contributed by atoms with Gasteiger partial charge in [0.25, 0.3) is 0 Å². The number of piperidine rings is 1. The molecule has 0 bridgehead atoms. The number of halogens is 1. The van der Waals surface area contributed by atoms with E-state index in [1.165, 1.54) is 43.6 Å². The van der Waals surface area contributed by atoms with Gasteiger partial charge >= 0.3 is 0 Å². The molecule has 1 unspecified atom stereocenters. The van der Waals surface area contributed by atoms with Gasteiger partial charge in [-0.3, -0.25) is 0 Å². The molecule has 0 saturated carbocycles. The van der Waals surface area contributed by atoms with Crippen LogP contribution in [0.3, 0.4) is 0 Å². The van der Waals surface area contributed by atoms with Crippen LogP contribution in [0.25, 0.3) is 0 Å². The maximum Gasteiger partial charge on any atom is -0.000813 e. The Morgan fingerprint density at radius 2 is 2.17 bits per heavy atom. The first-order valence-electron chi connectivity index (χ1n) is 6.82. The molecular formula is C15H25ClN2. The Bertz CT molecular complexity index is 335. The molecule has 1 aliphatic rings. The number of rotatable bonds is 5. The number of nitrogens with one attached hydrogen (secondary N) is 2. The second kappa shape index (κ2) is 8.52. The second-order valence-corrected chi connectivity index (χ2v) is 5.09. The zero-order valence-electron chi connectivity index (χ0n) is 11.2. The normalized spacial score (nSPS) is 19.3. The summed E-state index contributed by atoms with van der Waals surface area (Å²) < 4.78 is 0. The van der Waals surface area contributed by atoms with E-state index >= 15 is 0 Å². The van der Waals surface area contributed by atoms with Gasteiger partial charge in [0, 0.05) is 0 Å². The summed E-state index contributed by atoms with van der Waals surface area (Å²) in [7, 11) is 0. The molecule has 1 aromatic carbocycles. The molecule has 0 spiro atoms. The lowest BCUT2D eigenvalue weighted by atomic mass is 9.99. The third-order valence-electron chi connectivity index (χ3n) is 3.66. The molecule has 1 aliphatic heterocycles. The quantitative estimate of drug-likeness (QED) is 0.802. The fourth-order valence-electron chi connectivity index (χ4n) is 2.52. The highest BCUT2D eigenvalue weighted by atomic mass is 35.5. The first kappa shape index (κ1) is 15.5. The molecule has 102 valence electrons. The molecule has 1 atom stereocenters. The molecule has 1 heterocycles. The van der Waals surface area contributed by atoms with Crippen LogP contribution in [0.1, 0.15) is 24.0 Å². The summed E-state index contributed by atoms with van der Waals surface area (Å²) in [6, 6.07) is 8.67. The summed E-state index contributed by atoms with van der Waals surface area (Å²) in [6.45, 7) is 6.86. The minimum Gasteiger partial charge on any atom is -0.316 e. The molecule has 1 fully saturated rings. The lowest BCUT2D eigenvalue weighted by Gasteiger charge is -2.23. The van der Waals surface area contributed by atoms with E-state index < -0.39 is 0 Å². The molecule has 0 amide bonds. The third kappa shape index (κ3) is 4.97. The molecule has 0 radical (unpaired) electrons. The summed E-state index contributed by atoms with van der Waals surface area (Å²) in [5, 5.41) is 7.05. The summed E-state index contributed by atoms with van der Waals surface area (Å²) in [4.78, 5) is 0. The van der Waals surface area contributed by atoms with Crippen LogP contribution in [0.15, 0.2) is 24.3 Å².